The smallest absolute Gasteiger partial charge is 0.266 e. The summed E-state index contributed by atoms with van der Waals surface area (Å²) in [5.41, 5.74) is 6.32. The summed E-state index contributed by atoms with van der Waals surface area (Å²) in [6, 6.07) is 20.3. The van der Waals surface area contributed by atoms with Gasteiger partial charge in [-0.05, 0) is 86.6 Å². The minimum Gasteiger partial charge on any atom is -0.380 e. The molecule has 0 unspecified atom stereocenters. The highest BCUT2D eigenvalue weighted by Crippen LogP contribution is 2.35. The molecule has 0 spiro atoms. The maximum absolute atomic E-state index is 13.4. The number of aliphatic imine (C=N–C) groups is 1. The van der Waals surface area contributed by atoms with Crippen molar-refractivity contribution in [2.45, 2.75) is 20.8 Å². The van der Waals surface area contributed by atoms with E-state index in [0.29, 0.717) is 29.8 Å². The van der Waals surface area contributed by atoms with Crippen LogP contribution in [-0.4, -0.2) is 54.4 Å². The van der Waals surface area contributed by atoms with E-state index in [2.05, 4.69) is 53.6 Å². The minimum absolute atomic E-state index is 0.0375. The van der Waals surface area contributed by atoms with Crippen LogP contribution in [0.5, 0.6) is 0 Å². The molecule has 6 nitrogen and oxygen atoms in total. The van der Waals surface area contributed by atoms with Crippen LogP contribution in [0.3, 0.4) is 0 Å². The van der Waals surface area contributed by atoms with E-state index in [1.54, 1.807) is 4.90 Å². The lowest BCUT2D eigenvalue weighted by molar-refractivity contribution is -0.122. The average molecular weight is 489 g/mol. The summed E-state index contributed by atoms with van der Waals surface area (Å²) in [5, 5.41) is 0.681. The van der Waals surface area contributed by atoms with Crippen LogP contribution in [0.4, 0.5) is 11.4 Å². The number of thioether (sulfide) groups is 1. The molecule has 2 aromatic carbocycles. The highest BCUT2D eigenvalue weighted by Gasteiger charge is 2.33. The van der Waals surface area contributed by atoms with Gasteiger partial charge in [-0.25, -0.2) is 4.99 Å². The van der Waals surface area contributed by atoms with Gasteiger partial charge < -0.3 is 14.2 Å². The first-order valence-electron chi connectivity index (χ1n) is 11.8. The van der Waals surface area contributed by atoms with Gasteiger partial charge in [-0.3, -0.25) is 9.69 Å². The molecule has 0 radical (unpaired) electrons. The Hall–Kier alpha value is -3.29. The van der Waals surface area contributed by atoms with Crippen molar-refractivity contribution in [3.63, 3.8) is 0 Å². The zero-order valence-electron chi connectivity index (χ0n) is 21.0. The molecule has 1 aromatic heterocycles. The molecule has 0 atom stereocenters. The van der Waals surface area contributed by atoms with Crippen molar-refractivity contribution in [3.8, 4) is 5.69 Å². The molecule has 1 saturated heterocycles. The molecule has 182 valence electrons. The van der Waals surface area contributed by atoms with E-state index in [1.165, 1.54) is 11.8 Å². The van der Waals surface area contributed by atoms with Gasteiger partial charge in [-0.1, -0.05) is 18.2 Å². The van der Waals surface area contributed by atoms with Gasteiger partial charge in [0.1, 0.15) is 0 Å². The third-order valence-corrected chi connectivity index (χ3v) is 6.92. The number of carbonyl (C=O) groups is 1. The van der Waals surface area contributed by atoms with Crippen LogP contribution in [0, 0.1) is 13.8 Å². The van der Waals surface area contributed by atoms with Crippen LogP contribution in [0.25, 0.3) is 11.8 Å². The summed E-state index contributed by atoms with van der Waals surface area (Å²) < 4.78 is 7.75. The van der Waals surface area contributed by atoms with Gasteiger partial charge in [-0.2, -0.15) is 0 Å². The fraction of sp³-hybridized carbons (Fsp3) is 0.286. The van der Waals surface area contributed by atoms with Crippen LogP contribution in [-0.2, 0) is 9.53 Å². The first kappa shape index (κ1) is 24.8. The fourth-order valence-corrected chi connectivity index (χ4v) is 5.09. The Labute approximate surface area is 211 Å². The topological polar surface area (TPSA) is 50.1 Å². The number of para-hydroxylation sites is 1. The third-order valence-electron chi connectivity index (χ3n) is 5.91. The van der Waals surface area contributed by atoms with Crippen LogP contribution in [0.15, 0.2) is 70.6 Å². The largest absolute Gasteiger partial charge is 0.380 e. The molecular formula is C28H32N4O2S. The molecule has 0 N–H and O–H groups in total. The molecule has 0 saturated carbocycles. The normalized spacial score (nSPS) is 16.0. The number of amides is 1. The second-order valence-electron chi connectivity index (χ2n) is 8.57. The molecular weight excluding hydrogens is 456 g/mol. The molecule has 4 rings (SSSR count). The summed E-state index contributed by atoms with van der Waals surface area (Å²) in [4.78, 5) is 22.6. The Morgan fingerprint density at radius 3 is 2.43 bits per heavy atom. The molecule has 3 aromatic rings. The quantitative estimate of drug-likeness (QED) is 0.297. The Kier molecular flexibility index (Phi) is 7.78. The van der Waals surface area contributed by atoms with Gasteiger partial charge in [0, 0.05) is 43.5 Å². The number of ether oxygens (including phenoxy) is 1. The van der Waals surface area contributed by atoms with Crippen molar-refractivity contribution < 1.29 is 9.53 Å². The number of carbonyl (C=O) groups excluding carboxylic acids is 1. The highest BCUT2D eigenvalue weighted by atomic mass is 32.2. The van der Waals surface area contributed by atoms with Gasteiger partial charge in [-0.15, -0.1) is 0 Å². The van der Waals surface area contributed by atoms with Crippen molar-refractivity contribution in [1.29, 1.82) is 0 Å². The Morgan fingerprint density at radius 2 is 1.77 bits per heavy atom. The molecule has 7 heteroatoms. The lowest BCUT2D eigenvalue weighted by Gasteiger charge is -2.15. The molecule has 0 bridgehead atoms. The zero-order valence-corrected chi connectivity index (χ0v) is 21.8. The Bertz CT molecular complexity index is 1240. The van der Waals surface area contributed by atoms with Crippen molar-refractivity contribution in [1.82, 2.24) is 9.47 Å². The van der Waals surface area contributed by atoms with Crippen molar-refractivity contribution in [3.05, 3.63) is 82.5 Å². The molecule has 35 heavy (non-hydrogen) atoms. The third kappa shape index (κ3) is 5.52. The van der Waals surface area contributed by atoms with E-state index in [9.17, 15) is 4.79 Å². The standard InChI is InChI=1S/C28H32N4O2S/c1-6-34-17-16-31-27(33)26(35-28(31)29-23-10-8-7-9-11-23)19-22-18-20(2)32(21(22)3)25-14-12-24(13-15-25)30(4)5/h7-15,18-19H,6,16-17H2,1-5H3/b26-19+,29-28?. The van der Waals surface area contributed by atoms with E-state index in [1.807, 2.05) is 57.4 Å². The predicted octanol–water partition coefficient (Wildman–Crippen LogP) is 5.80. The molecule has 0 aliphatic carbocycles. The maximum Gasteiger partial charge on any atom is 0.266 e. The fourth-order valence-electron chi connectivity index (χ4n) is 4.07. The summed E-state index contributed by atoms with van der Waals surface area (Å²) in [5.74, 6) is -0.0375. The van der Waals surface area contributed by atoms with Gasteiger partial charge in [0.25, 0.3) is 5.91 Å². The molecule has 1 aliphatic rings. The van der Waals surface area contributed by atoms with Crippen molar-refractivity contribution in [2.75, 3.05) is 38.8 Å². The van der Waals surface area contributed by atoms with Gasteiger partial charge in [0.2, 0.25) is 0 Å². The minimum atomic E-state index is -0.0375. The first-order valence-corrected chi connectivity index (χ1v) is 12.6. The SMILES string of the molecule is CCOCCN1C(=O)/C(=C\c2cc(C)n(-c3ccc(N(C)C)cc3)c2C)SC1=Nc1ccccc1. The lowest BCUT2D eigenvalue weighted by atomic mass is 10.2. The van der Waals surface area contributed by atoms with E-state index < -0.39 is 0 Å². The van der Waals surface area contributed by atoms with Crippen LogP contribution >= 0.6 is 11.8 Å². The number of amidine groups is 1. The number of hydrogen-bond donors (Lipinski definition) is 0. The Balaban J connectivity index is 1.66. The number of aryl methyl sites for hydroxylation is 1. The number of hydrogen-bond acceptors (Lipinski definition) is 5. The van der Waals surface area contributed by atoms with E-state index in [-0.39, 0.29) is 5.91 Å². The lowest BCUT2D eigenvalue weighted by Crippen LogP contribution is -2.32. The van der Waals surface area contributed by atoms with Crippen LogP contribution < -0.4 is 4.90 Å². The second-order valence-corrected chi connectivity index (χ2v) is 9.58. The molecule has 1 aliphatic heterocycles. The summed E-state index contributed by atoms with van der Waals surface area (Å²) >= 11 is 1.42. The number of nitrogens with zero attached hydrogens (tertiary/aromatic N) is 4. The zero-order chi connectivity index (χ0) is 24.9. The van der Waals surface area contributed by atoms with Gasteiger partial charge in [0.05, 0.1) is 23.7 Å². The van der Waals surface area contributed by atoms with Crippen molar-refractivity contribution in [2.24, 2.45) is 4.99 Å². The summed E-state index contributed by atoms with van der Waals surface area (Å²) in [7, 11) is 4.07. The Morgan fingerprint density at radius 1 is 1.06 bits per heavy atom. The van der Waals surface area contributed by atoms with E-state index in [0.717, 1.165) is 34.0 Å². The molecule has 1 fully saturated rings. The van der Waals surface area contributed by atoms with E-state index in [4.69, 9.17) is 9.73 Å². The van der Waals surface area contributed by atoms with Gasteiger partial charge >= 0.3 is 0 Å². The molecule has 1 amide bonds. The summed E-state index contributed by atoms with van der Waals surface area (Å²) in [6.45, 7) is 7.70. The number of benzene rings is 2. The highest BCUT2D eigenvalue weighted by molar-refractivity contribution is 8.18. The number of anilines is 1. The number of aromatic nitrogens is 1. The number of rotatable bonds is 8. The summed E-state index contributed by atoms with van der Waals surface area (Å²) in [6.07, 6.45) is 1.99. The predicted molar refractivity (Wildman–Crippen MR) is 147 cm³/mol. The van der Waals surface area contributed by atoms with Crippen molar-refractivity contribution >= 4 is 40.3 Å². The second kappa shape index (κ2) is 11.0. The monoisotopic (exact) mass is 488 g/mol. The van der Waals surface area contributed by atoms with Crippen LogP contribution in [0.1, 0.15) is 23.9 Å². The van der Waals surface area contributed by atoms with E-state index >= 15 is 0 Å². The maximum atomic E-state index is 13.4. The molecule has 2 heterocycles. The average Bonchev–Trinajstić information content (AvgIpc) is 3.29. The first-order chi connectivity index (χ1) is 16.9. The van der Waals surface area contributed by atoms with Crippen LogP contribution in [0.2, 0.25) is 0 Å². The van der Waals surface area contributed by atoms with Gasteiger partial charge in [0.15, 0.2) is 5.17 Å².